The van der Waals surface area contributed by atoms with Crippen LogP contribution in [0.2, 0.25) is 0 Å². The Morgan fingerprint density at radius 2 is 1.25 bits per heavy atom. The maximum absolute atomic E-state index is 8.42. The zero-order chi connectivity index (χ0) is 2.00. The van der Waals surface area contributed by atoms with Crippen LogP contribution in [-0.4, -0.2) is 5.48 Å². The van der Waals surface area contributed by atoms with E-state index in [2.05, 4.69) is 0 Å². The molecule has 0 saturated carbocycles. The summed E-state index contributed by atoms with van der Waals surface area (Å²) in [6, 6.07) is 0. The van der Waals surface area contributed by atoms with Crippen molar-refractivity contribution in [3.63, 3.8) is 0 Å². The predicted molar refractivity (Wildman–Crippen MR) is 11.5 cm³/mol. The second-order valence-corrected chi connectivity index (χ2v) is 0. The van der Waals surface area contributed by atoms with Crippen molar-refractivity contribution in [1.29, 1.82) is 0 Å². The van der Waals surface area contributed by atoms with E-state index in [1.807, 2.05) is 0 Å². The molecule has 0 fully saturated rings. The minimum atomic E-state index is -0.0833. The van der Waals surface area contributed by atoms with Gasteiger partial charge in [0.15, 0.2) is 0 Å². The summed E-state index contributed by atoms with van der Waals surface area (Å²) in [5, 5.41) is 0. The van der Waals surface area contributed by atoms with Crippen LogP contribution in [-0.2, 0) is 0.995 Å². The van der Waals surface area contributed by atoms with E-state index in [9.17, 15) is 0 Å². The van der Waals surface area contributed by atoms with Gasteiger partial charge in [0.1, 0.15) is 0 Å². The molecule has 0 aromatic rings. The van der Waals surface area contributed by atoms with E-state index < -0.39 is 0 Å². The first-order valence-corrected chi connectivity index (χ1v) is 1.75. The van der Waals surface area contributed by atoms with Gasteiger partial charge < -0.3 is 5.48 Å². The average Bonchev–Trinajstić information content (AvgIpc) is 1.00. The summed E-state index contributed by atoms with van der Waals surface area (Å²) >= 11 is -0.0833. The van der Waals surface area contributed by atoms with E-state index in [0.29, 0.717) is 0 Å². The molecule has 0 aliphatic heterocycles. The van der Waals surface area contributed by atoms with Crippen LogP contribution in [0.25, 0.3) is 0 Å². The second kappa shape index (κ2) is 25.7. The van der Waals surface area contributed by atoms with Gasteiger partial charge >= 0.3 is 40.3 Å². The molecule has 0 aliphatic rings. The van der Waals surface area contributed by atoms with Gasteiger partial charge in [0, 0.05) is 0 Å². The first kappa shape index (κ1) is 18.1. The predicted octanol–water partition coefficient (Wildman–Crippen LogP) is -0.522. The summed E-state index contributed by atoms with van der Waals surface area (Å²) in [4.78, 5) is 0. The van der Waals surface area contributed by atoms with Gasteiger partial charge in [-0.05, 0) is 0 Å². The van der Waals surface area contributed by atoms with Crippen LogP contribution < -0.4 is 0 Å². The Hall–Kier alpha value is 1.41. The Balaban J connectivity index is -0.00000000500. The molecule has 2 N–H and O–H groups in total. The van der Waals surface area contributed by atoms with Gasteiger partial charge in [-0.15, -0.1) is 12.4 Å². The molecule has 0 aromatic carbocycles. The normalized spacial score (nSPS) is 1.50. The molecule has 4 heteroatoms. The van der Waals surface area contributed by atoms with Gasteiger partial charge in [-0.2, -0.15) is 0 Å². The van der Waals surface area contributed by atoms with Crippen LogP contribution in [0, 0.1) is 39.3 Å². The summed E-state index contributed by atoms with van der Waals surface area (Å²) in [7, 11) is 0. The molecule has 0 atom stereocenters. The molecule has 0 aliphatic carbocycles. The van der Waals surface area contributed by atoms with E-state index in [4.69, 9.17) is 0.995 Å². The first-order valence-electron chi connectivity index (χ1n) is 0.236. The van der Waals surface area contributed by atoms with Crippen molar-refractivity contribution in [1.82, 2.24) is 0 Å². The van der Waals surface area contributed by atoms with E-state index in [1.165, 1.54) is 0 Å². The summed E-state index contributed by atoms with van der Waals surface area (Å²) in [6.07, 6.45) is 0. The Labute approximate surface area is 57.5 Å². The third-order valence-corrected chi connectivity index (χ3v) is 0. The topological polar surface area (TPSA) is 48.6 Å². The van der Waals surface area contributed by atoms with Crippen molar-refractivity contribution in [2.75, 3.05) is 0 Å². The number of hydrogen-bond donors (Lipinski definition) is 0. The third-order valence-electron chi connectivity index (χ3n) is 0. The zero-order valence-corrected chi connectivity index (χ0v) is 6.41. The van der Waals surface area contributed by atoms with Crippen molar-refractivity contribution in [2.24, 2.45) is 0 Å². The molecule has 2 nitrogen and oxygen atoms in total. The van der Waals surface area contributed by atoms with Gasteiger partial charge in [0.25, 0.3) is 0 Å². The van der Waals surface area contributed by atoms with Crippen LogP contribution in [0.5, 0.6) is 0 Å². The number of hydrogen-bond acceptors (Lipinski definition) is 1. The van der Waals surface area contributed by atoms with E-state index in [-0.39, 0.29) is 57.2 Å². The Kier molecular flexibility index (Phi) is 116. The molecule has 0 saturated heterocycles. The molecule has 0 aromatic heterocycles. The molecule has 0 rings (SSSR count). The van der Waals surface area contributed by atoms with Crippen molar-refractivity contribution < 1.29 is 45.8 Å². The van der Waals surface area contributed by atoms with Crippen LogP contribution in [0.15, 0.2) is 0 Å². The quantitative estimate of drug-likeness (QED) is 0.532. The van der Waals surface area contributed by atoms with Crippen molar-refractivity contribution in [3.8, 4) is 0 Å². The van der Waals surface area contributed by atoms with Crippen molar-refractivity contribution in [3.05, 3.63) is 0 Å². The summed E-state index contributed by atoms with van der Waals surface area (Å²) in [5.74, 6) is 0. The van der Waals surface area contributed by atoms with E-state index >= 15 is 0 Å². The molecule has 4 heavy (non-hydrogen) atoms. The minimum absolute atomic E-state index is 0. The molecule has 0 unspecified atom stereocenters. The van der Waals surface area contributed by atoms with Crippen LogP contribution in [0.1, 0.15) is 0 Å². The molecule has 0 amide bonds. The monoisotopic (exact) mass is 211 g/mol. The van der Waals surface area contributed by atoms with Crippen molar-refractivity contribution in [2.45, 2.75) is 0 Å². The van der Waals surface area contributed by atoms with Gasteiger partial charge in [-0.1, -0.05) is 0 Å². The van der Waals surface area contributed by atoms with Gasteiger partial charge in [0.05, 0.1) is 0 Å². The Morgan fingerprint density at radius 3 is 1.25 bits per heavy atom. The standard InChI is InChI=1S/ClH.H2O.O.Pr/h1H;1H2;;. The van der Waals surface area contributed by atoms with Gasteiger partial charge in [0.2, 0.25) is 0 Å². The summed E-state index contributed by atoms with van der Waals surface area (Å²) in [5.41, 5.74) is 0. The van der Waals surface area contributed by atoms with E-state index in [0.717, 1.165) is 0 Å². The summed E-state index contributed by atoms with van der Waals surface area (Å²) < 4.78 is 8.42. The zero-order valence-electron chi connectivity index (χ0n) is 1.89. The number of halogens is 1. The molecular formula is H3ClO2Pr. The SMILES string of the molecule is Cl.O.[O]=[Pr]. The number of rotatable bonds is 0. The first-order chi connectivity index (χ1) is 1.00. The fourth-order valence-corrected chi connectivity index (χ4v) is 0. The maximum atomic E-state index is 8.42. The molecular weight excluding hydrogens is 208 g/mol. The second-order valence-electron chi connectivity index (χ2n) is 0. The van der Waals surface area contributed by atoms with E-state index in [1.54, 1.807) is 0 Å². The average molecular weight is 211 g/mol. The Bertz CT molecular complexity index is 6.00. The molecule has 0 heterocycles. The van der Waals surface area contributed by atoms with Crippen molar-refractivity contribution >= 4 is 12.4 Å². The van der Waals surface area contributed by atoms with Crippen LogP contribution >= 0.6 is 12.4 Å². The molecule has 0 radical (unpaired) electrons. The Morgan fingerprint density at radius 1 is 1.25 bits per heavy atom. The summed E-state index contributed by atoms with van der Waals surface area (Å²) in [6.45, 7) is 0. The fourth-order valence-electron chi connectivity index (χ4n) is 0. The molecule has 0 spiro atoms. The van der Waals surface area contributed by atoms with Gasteiger partial charge in [-0.3, -0.25) is 0 Å². The third kappa shape index (κ3) is 9.95. The molecule has 25 valence electrons. The van der Waals surface area contributed by atoms with Crippen LogP contribution in [0.4, 0.5) is 0 Å². The molecule has 0 bridgehead atoms. The van der Waals surface area contributed by atoms with Crippen LogP contribution in [0.3, 0.4) is 0 Å². The van der Waals surface area contributed by atoms with Gasteiger partial charge in [-0.25, -0.2) is 0 Å². The fraction of sp³-hybridized carbons (Fsp3) is 0.